The summed E-state index contributed by atoms with van der Waals surface area (Å²) in [5, 5.41) is 2.08. The fraction of sp³-hybridized carbons (Fsp3) is 0.0625. The van der Waals surface area contributed by atoms with Crippen LogP contribution in [-0.4, -0.2) is 15.0 Å². The van der Waals surface area contributed by atoms with Gasteiger partial charge in [0.1, 0.15) is 11.2 Å². The Kier molecular flexibility index (Phi) is 5.28. The lowest BCUT2D eigenvalue weighted by Crippen LogP contribution is -2.42. The standard InChI is InChI=1S/C48H29N3O/c1-47-30-16-11-15-29(25-30)45-49-44(28-13-3-2-4-14-28)50-46(51-45)33-19-12-24-41-43(33)34-26-39(47)40(27-42(34)52-41)48(38-23-10-9-22-37(38)47)35-20-7-5-17-31(35)32-18-6-8-21-36(32)48/h2-27H,1H3. The quantitative estimate of drug-likeness (QED) is 0.175. The van der Waals surface area contributed by atoms with E-state index in [1.54, 1.807) is 0 Å². The highest BCUT2D eigenvalue weighted by molar-refractivity contribution is 6.13. The van der Waals surface area contributed by atoms with E-state index in [2.05, 4.69) is 140 Å². The van der Waals surface area contributed by atoms with Crippen LogP contribution in [-0.2, 0) is 10.8 Å². The minimum atomic E-state index is -0.539. The van der Waals surface area contributed by atoms with Gasteiger partial charge in [0.25, 0.3) is 0 Å². The molecule has 0 radical (unpaired) electrons. The third-order valence-corrected chi connectivity index (χ3v) is 12.0. The molecule has 0 N–H and O–H groups in total. The van der Waals surface area contributed by atoms with Gasteiger partial charge in [-0.25, -0.2) is 15.0 Å². The van der Waals surface area contributed by atoms with Crippen LogP contribution in [0.2, 0.25) is 0 Å². The predicted molar refractivity (Wildman–Crippen MR) is 206 cm³/mol. The van der Waals surface area contributed by atoms with Crippen LogP contribution in [0.4, 0.5) is 0 Å². The molecular formula is C48H29N3O. The number of hydrogen-bond acceptors (Lipinski definition) is 4. The first kappa shape index (κ1) is 28.1. The molecule has 4 heteroatoms. The van der Waals surface area contributed by atoms with Crippen molar-refractivity contribution in [1.82, 2.24) is 15.0 Å². The molecule has 1 aliphatic heterocycles. The van der Waals surface area contributed by atoms with Gasteiger partial charge in [0, 0.05) is 32.9 Å². The predicted octanol–water partition coefficient (Wildman–Crippen LogP) is 11.1. The van der Waals surface area contributed by atoms with Crippen LogP contribution in [0.1, 0.15) is 45.9 Å². The SMILES string of the molecule is CC12c3cccc(c3)-c3nc(-c4ccccc4)nc(n3)-c3cccc4oc5cc(c1cc5c34)C1(c3ccccc3-c3ccccc31)c1ccccc12. The molecule has 0 amide bonds. The monoisotopic (exact) mass is 663 g/mol. The van der Waals surface area contributed by atoms with Gasteiger partial charge in [-0.2, -0.15) is 0 Å². The van der Waals surface area contributed by atoms with Gasteiger partial charge in [-0.05, 0) is 81.3 Å². The zero-order valence-corrected chi connectivity index (χ0v) is 28.3. The van der Waals surface area contributed by atoms with E-state index in [4.69, 9.17) is 19.4 Å². The minimum Gasteiger partial charge on any atom is -0.456 e. The molecule has 0 saturated carbocycles. The first-order chi connectivity index (χ1) is 25.6. The lowest BCUT2D eigenvalue weighted by atomic mass is 9.53. The molecule has 0 fully saturated rings. The van der Waals surface area contributed by atoms with Gasteiger partial charge < -0.3 is 4.42 Å². The molecule has 1 spiro atoms. The smallest absolute Gasteiger partial charge is 0.164 e. The topological polar surface area (TPSA) is 51.8 Å². The fourth-order valence-electron chi connectivity index (χ4n) is 9.76. The average molecular weight is 664 g/mol. The summed E-state index contributed by atoms with van der Waals surface area (Å²) in [5.74, 6) is 1.92. The molecule has 3 aliphatic rings. The van der Waals surface area contributed by atoms with Gasteiger partial charge in [-0.1, -0.05) is 133 Å². The summed E-state index contributed by atoms with van der Waals surface area (Å²) in [7, 11) is 0. The Morgan fingerprint density at radius 1 is 0.423 bits per heavy atom. The average Bonchev–Trinajstić information content (AvgIpc) is 3.73. The summed E-state index contributed by atoms with van der Waals surface area (Å²) < 4.78 is 6.89. The Labute approximate surface area is 300 Å². The molecule has 2 aliphatic carbocycles. The van der Waals surface area contributed by atoms with Crippen molar-refractivity contribution in [2.24, 2.45) is 0 Å². The summed E-state index contributed by atoms with van der Waals surface area (Å²) in [6, 6.07) is 57.1. The van der Waals surface area contributed by atoms with E-state index in [0.717, 1.165) is 38.6 Å². The molecule has 52 heavy (non-hydrogen) atoms. The van der Waals surface area contributed by atoms with Crippen LogP contribution in [0, 0.1) is 0 Å². The molecule has 2 aromatic heterocycles. The van der Waals surface area contributed by atoms with Crippen molar-refractivity contribution < 1.29 is 4.42 Å². The van der Waals surface area contributed by atoms with Crippen LogP contribution >= 0.6 is 0 Å². The highest BCUT2D eigenvalue weighted by Gasteiger charge is 2.55. The van der Waals surface area contributed by atoms with Crippen LogP contribution in [0.3, 0.4) is 0 Å². The van der Waals surface area contributed by atoms with E-state index >= 15 is 0 Å². The maximum atomic E-state index is 6.89. The molecular weight excluding hydrogens is 635 g/mol. The molecule has 242 valence electrons. The van der Waals surface area contributed by atoms with Gasteiger partial charge in [0.2, 0.25) is 0 Å². The van der Waals surface area contributed by atoms with Crippen LogP contribution in [0.25, 0.3) is 67.2 Å². The van der Waals surface area contributed by atoms with Crippen molar-refractivity contribution in [3.05, 3.63) is 197 Å². The Bertz CT molecular complexity index is 2950. The minimum absolute atomic E-state index is 0.524. The van der Waals surface area contributed by atoms with E-state index in [1.807, 2.05) is 24.3 Å². The fourth-order valence-corrected chi connectivity index (χ4v) is 9.76. The van der Waals surface area contributed by atoms with Crippen molar-refractivity contribution in [2.75, 3.05) is 0 Å². The van der Waals surface area contributed by atoms with Crippen LogP contribution in [0.5, 0.6) is 0 Å². The third-order valence-electron chi connectivity index (χ3n) is 12.0. The van der Waals surface area contributed by atoms with Crippen molar-refractivity contribution in [1.29, 1.82) is 0 Å². The number of furan rings is 1. The first-order valence-electron chi connectivity index (χ1n) is 17.9. The second-order valence-electron chi connectivity index (χ2n) is 14.4. The summed E-state index contributed by atoms with van der Waals surface area (Å²) in [5.41, 5.74) is 14.9. The maximum Gasteiger partial charge on any atom is 0.164 e. The molecule has 6 bridgehead atoms. The summed E-state index contributed by atoms with van der Waals surface area (Å²) in [6.45, 7) is 2.40. The second-order valence-corrected chi connectivity index (χ2v) is 14.4. The third kappa shape index (κ3) is 3.35. The van der Waals surface area contributed by atoms with Crippen molar-refractivity contribution in [3.8, 4) is 45.3 Å². The maximum absolute atomic E-state index is 6.89. The van der Waals surface area contributed by atoms with Crippen molar-refractivity contribution in [2.45, 2.75) is 17.8 Å². The van der Waals surface area contributed by atoms with Crippen molar-refractivity contribution >= 4 is 21.9 Å². The number of benzene rings is 7. The first-order valence-corrected chi connectivity index (χ1v) is 17.9. The molecule has 0 saturated heterocycles. The molecule has 1 unspecified atom stereocenters. The Hall–Kier alpha value is -6.65. The number of hydrogen-bond donors (Lipinski definition) is 0. The molecule has 3 heterocycles. The summed E-state index contributed by atoms with van der Waals surface area (Å²) >= 11 is 0. The number of aromatic nitrogens is 3. The zero-order chi connectivity index (χ0) is 34.2. The highest BCUT2D eigenvalue weighted by Crippen LogP contribution is 2.64. The van der Waals surface area contributed by atoms with Gasteiger partial charge in [0.15, 0.2) is 17.5 Å². The van der Waals surface area contributed by atoms with Crippen LogP contribution < -0.4 is 0 Å². The Balaban J connectivity index is 1.29. The van der Waals surface area contributed by atoms with E-state index in [0.29, 0.717) is 17.5 Å². The van der Waals surface area contributed by atoms with Crippen LogP contribution in [0.15, 0.2) is 162 Å². The van der Waals surface area contributed by atoms with Gasteiger partial charge in [-0.15, -0.1) is 0 Å². The van der Waals surface area contributed by atoms with Gasteiger partial charge >= 0.3 is 0 Å². The lowest BCUT2D eigenvalue weighted by Gasteiger charge is -2.48. The molecule has 12 rings (SSSR count). The van der Waals surface area contributed by atoms with Gasteiger partial charge in [-0.3, -0.25) is 0 Å². The summed E-state index contributed by atoms with van der Waals surface area (Å²) in [4.78, 5) is 15.4. The zero-order valence-electron chi connectivity index (χ0n) is 28.3. The molecule has 7 aromatic carbocycles. The Morgan fingerprint density at radius 2 is 1.02 bits per heavy atom. The Morgan fingerprint density at radius 3 is 1.79 bits per heavy atom. The molecule has 4 nitrogen and oxygen atoms in total. The van der Waals surface area contributed by atoms with E-state index in [9.17, 15) is 0 Å². The number of nitrogens with zero attached hydrogens (tertiary/aromatic N) is 3. The van der Waals surface area contributed by atoms with E-state index in [-0.39, 0.29) is 0 Å². The molecule has 1 atom stereocenters. The van der Waals surface area contributed by atoms with Crippen molar-refractivity contribution in [3.63, 3.8) is 0 Å². The number of fused-ring (bicyclic) bond motifs is 16. The second kappa shape index (κ2) is 9.77. The van der Waals surface area contributed by atoms with Gasteiger partial charge in [0.05, 0.1) is 5.41 Å². The van der Waals surface area contributed by atoms with E-state index < -0.39 is 10.8 Å². The largest absolute Gasteiger partial charge is 0.456 e. The number of rotatable bonds is 1. The molecule has 9 aromatic rings. The highest BCUT2D eigenvalue weighted by atomic mass is 16.3. The van der Waals surface area contributed by atoms with E-state index in [1.165, 1.54) is 50.1 Å². The normalized spacial score (nSPS) is 16.8. The summed E-state index contributed by atoms with van der Waals surface area (Å²) in [6.07, 6.45) is 0. The lowest BCUT2D eigenvalue weighted by molar-refractivity contribution is 0.593.